The second kappa shape index (κ2) is 8.64. The molecule has 0 saturated carbocycles. The predicted octanol–water partition coefficient (Wildman–Crippen LogP) is 6.84. The first kappa shape index (κ1) is 23.3. The van der Waals surface area contributed by atoms with Gasteiger partial charge in [-0.3, -0.25) is 4.98 Å². The van der Waals surface area contributed by atoms with Crippen molar-refractivity contribution in [3.63, 3.8) is 0 Å². The molecule has 1 N–H and O–H groups in total. The third kappa shape index (κ3) is 4.46. The van der Waals surface area contributed by atoms with Crippen LogP contribution < -0.4 is 0 Å². The normalized spacial score (nSPS) is 17.9. The van der Waals surface area contributed by atoms with Crippen LogP contribution in [0.2, 0.25) is 0 Å². The van der Waals surface area contributed by atoms with Crippen LogP contribution in [0.3, 0.4) is 0 Å². The van der Waals surface area contributed by atoms with Crippen LogP contribution >= 0.6 is 10.3 Å². The standard InChI is InChI=1S/C26H39NO2S/c1-17(2)25-20(16-28)23(19-14-12-18(3)13-15-19)24-21(27-25)10-9-11-22(24)29-30(7,8)26(4,5)6/h12-15,17,22,28H,9-11,16H2,1-8H3. The van der Waals surface area contributed by atoms with E-state index in [0.29, 0.717) is 0 Å². The Balaban J connectivity index is 2.26. The van der Waals surface area contributed by atoms with E-state index in [9.17, 15) is 5.11 Å². The lowest BCUT2D eigenvalue weighted by Gasteiger charge is -2.47. The number of hydrogen-bond acceptors (Lipinski definition) is 3. The molecule has 1 heterocycles. The molecule has 0 aliphatic heterocycles. The zero-order valence-electron chi connectivity index (χ0n) is 20.0. The van der Waals surface area contributed by atoms with Gasteiger partial charge >= 0.3 is 0 Å². The van der Waals surface area contributed by atoms with E-state index in [0.717, 1.165) is 47.3 Å². The van der Waals surface area contributed by atoms with E-state index in [1.807, 2.05) is 0 Å². The maximum atomic E-state index is 10.4. The first-order valence-electron chi connectivity index (χ1n) is 11.1. The summed E-state index contributed by atoms with van der Waals surface area (Å²) in [6, 6.07) is 8.67. The Morgan fingerprint density at radius 2 is 1.80 bits per heavy atom. The molecule has 3 rings (SSSR count). The van der Waals surface area contributed by atoms with Gasteiger partial charge in [-0.1, -0.05) is 64.4 Å². The molecule has 166 valence electrons. The van der Waals surface area contributed by atoms with Gasteiger partial charge in [-0.2, -0.15) is 0 Å². The number of pyridine rings is 1. The van der Waals surface area contributed by atoms with Crippen molar-refractivity contribution in [1.82, 2.24) is 4.98 Å². The molecule has 2 aromatic rings. The highest BCUT2D eigenvalue weighted by atomic mass is 32.3. The maximum Gasteiger partial charge on any atom is 0.0974 e. The number of aromatic nitrogens is 1. The summed E-state index contributed by atoms with van der Waals surface area (Å²) in [5.74, 6) is 0.264. The van der Waals surface area contributed by atoms with Crippen molar-refractivity contribution < 1.29 is 9.29 Å². The van der Waals surface area contributed by atoms with Crippen LogP contribution in [-0.2, 0) is 17.2 Å². The molecule has 0 amide bonds. The van der Waals surface area contributed by atoms with Gasteiger partial charge in [0.1, 0.15) is 0 Å². The largest absolute Gasteiger partial charge is 0.392 e. The minimum atomic E-state index is -1.28. The average Bonchev–Trinajstić information content (AvgIpc) is 2.66. The summed E-state index contributed by atoms with van der Waals surface area (Å²) in [7, 11) is -1.28. The van der Waals surface area contributed by atoms with Crippen LogP contribution in [-0.4, -0.2) is 27.3 Å². The minimum absolute atomic E-state index is 0.000750. The van der Waals surface area contributed by atoms with E-state index in [1.54, 1.807) is 0 Å². The monoisotopic (exact) mass is 429 g/mol. The van der Waals surface area contributed by atoms with Crippen molar-refractivity contribution in [1.29, 1.82) is 0 Å². The summed E-state index contributed by atoms with van der Waals surface area (Å²) in [5, 5.41) is 10.4. The van der Waals surface area contributed by atoms with Gasteiger partial charge in [0.05, 0.1) is 12.7 Å². The molecule has 1 aromatic heterocycles. The van der Waals surface area contributed by atoms with Crippen molar-refractivity contribution in [2.75, 3.05) is 12.5 Å². The van der Waals surface area contributed by atoms with Crippen LogP contribution in [0.4, 0.5) is 0 Å². The second-order valence-electron chi connectivity index (χ2n) is 10.2. The highest BCUT2D eigenvalue weighted by molar-refractivity contribution is 8.29. The molecule has 3 nitrogen and oxygen atoms in total. The summed E-state index contributed by atoms with van der Waals surface area (Å²) >= 11 is 0. The number of nitrogens with zero attached hydrogens (tertiary/aromatic N) is 1. The fourth-order valence-electron chi connectivity index (χ4n) is 4.06. The first-order chi connectivity index (χ1) is 14.0. The van der Waals surface area contributed by atoms with Gasteiger partial charge in [0.25, 0.3) is 0 Å². The molecule has 1 aliphatic carbocycles. The molecule has 4 heteroatoms. The van der Waals surface area contributed by atoms with Gasteiger partial charge < -0.3 is 9.29 Å². The van der Waals surface area contributed by atoms with Crippen molar-refractivity contribution in [2.24, 2.45) is 0 Å². The Morgan fingerprint density at radius 3 is 2.33 bits per heavy atom. The summed E-state index contributed by atoms with van der Waals surface area (Å²) in [6.45, 7) is 13.2. The number of fused-ring (bicyclic) bond motifs is 1. The average molecular weight is 430 g/mol. The molecule has 0 saturated heterocycles. The lowest BCUT2D eigenvalue weighted by atomic mass is 9.82. The van der Waals surface area contributed by atoms with Crippen LogP contribution in [0.15, 0.2) is 24.3 Å². The number of rotatable bonds is 5. The summed E-state index contributed by atoms with van der Waals surface area (Å²) in [4.78, 5) is 5.10. The van der Waals surface area contributed by atoms with Crippen molar-refractivity contribution in [3.8, 4) is 11.1 Å². The molecular weight excluding hydrogens is 390 g/mol. The first-order valence-corrected chi connectivity index (χ1v) is 13.5. The minimum Gasteiger partial charge on any atom is -0.392 e. The SMILES string of the molecule is Cc1ccc(-c2c(CO)c(C(C)C)nc3c2C(OS(C)(C)C(C)(C)C)CCC3)cc1. The number of benzene rings is 1. The Bertz CT molecular complexity index is 895. The molecule has 1 atom stereocenters. The van der Waals surface area contributed by atoms with Gasteiger partial charge in [-0.25, -0.2) is 0 Å². The maximum absolute atomic E-state index is 10.4. The predicted molar refractivity (Wildman–Crippen MR) is 130 cm³/mol. The van der Waals surface area contributed by atoms with Crippen molar-refractivity contribution >= 4 is 10.3 Å². The summed E-state index contributed by atoms with van der Waals surface area (Å²) in [6.07, 6.45) is 7.64. The Labute approximate surface area is 184 Å². The summed E-state index contributed by atoms with van der Waals surface area (Å²) < 4.78 is 7.01. The zero-order valence-corrected chi connectivity index (χ0v) is 20.8. The Morgan fingerprint density at radius 1 is 1.17 bits per heavy atom. The Hall–Kier alpha value is -1.36. The molecule has 0 fully saturated rings. The van der Waals surface area contributed by atoms with E-state index in [1.165, 1.54) is 11.1 Å². The highest BCUT2D eigenvalue weighted by Crippen LogP contribution is 2.58. The van der Waals surface area contributed by atoms with Gasteiger partial charge in [0.2, 0.25) is 0 Å². The smallest absolute Gasteiger partial charge is 0.0974 e. The number of aliphatic hydroxyl groups is 1. The van der Waals surface area contributed by atoms with E-state index in [4.69, 9.17) is 9.17 Å². The number of aryl methyl sites for hydroxylation is 2. The fourth-order valence-corrected chi connectivity index (χ4v) is 5.13. The lowest BCUT2D eigenvalue weighted by Crippen LogP contribution is -2.28. The van der Waals surface area contributed by atoms with Gasteiger partial charge in [0, 0.05) is 27.3 Å². The van der Waals surface area contributed by atoms with Crippen molar-refractivity contribution in [3.05, 3.63) is 52.3 Å². The van der Waals surface area contributed by atoms with E-state index >= 15 is 0 Å². The molecular formula is C26H39NO2S. The fraction of sp³-hybridized carbons (Fsp3) is 0.577. The van der Waals surface area contributed by atoms with Gasteiger partial charge in [0.15, 0.2) is 0 Å². The molecule has 30 heavy (non-hydrogen) atoms. The summed E-state index contributed by atoms with van der Waals surface area (Å²) in [5.41, 5.74) is 7.91. The second-order valence-corrected chi connectivity index (χ2v) is 14.1. The van der Waals surface area contributed by atoms with E-state index in [-0.39, 0.29) is 23.4 Å². The third-order valence-electron chi connectivity index (χ3n) is 6.53. The quantitative estimate of drug-likeness (QED) is 0.565. The highest BCUT2D eigenvalue weighted by Gasteiger charge is 2.36. The number of hydrogen-bond donors (Lipinski definition) is 1. The molecule has 1 unspecified atom stereocenters. The molecule has 1 aliphatic rings. The van der Waals surface area contributed by atoms with Gasteiger partial charge in [-0.05, 0) is 55.7 Å². The van der Waals surface area contributed by atoms with Crippen LogP contribution in [0.1, 0.15) is 87.6 Å². The van der Waals surface area contributed by atoms with E-state index < -0.39 is 10.3 Å². The van der Waals surface area contributed by atoms with Crippen LogP contribution in [0, 0.1) is 6.92 Å². The van der Waals surface area contributed by atoms with Crippen molar-refractivity contribution in [2.45, 2.75) is 84.2 Å². The number of aliphatic hydroxyl groups excluding tert-OH is 1. The van der Waals surface area contributed by atoms with Gasteiger partial charge in [-0.15, -0.1) is 10.3 Å². The Kier molecular flexibility index (Phi) is 6.71. The molecule has 0 spiro atoms. The van der Waals surface area contributed by atoms with Crippen LogP contribution in [0.5, 0.6) is 0 Å². The third-order valence-corrected chi connectivity index (χ3v) is 10.2. The van der Waals surface area contributed by atoms with Crippen LogP contribution in [0.25, 0.3) is 11.1 Å². The molecule has 1 aromatic carbocycles. The molecule has 0 bridgehead atoms. The topological polar surface area (TPSA) is 42.4 Å². The van der Waals surface area contributed by atoms with E-state index in [2.05, 4.69) is 78.3 Å². The zero-order chi connectivity index (χ0) is 22.3. The lowest BCUT2D eigenvalue weighted by molar-refractivity contribution is 0.204. The molecule has 0 radical (unpaired) electrons.